The number of aliphatic hydroxyl groups is 1. The summed E-state index contributed by atoms with van der Waals surface area (Å²) in [4.78, 5) is 0. The molecule has 1 fully saturated rings. The van der Waals surface area contributed by atoms with Crippen LogP contribution >= 0.6 is 0 Å². The predicted octanol–water partition coefficient (Wildman–Crippen LogP) is 2.82. The van der Waals surface area contributed by atoms with Crippen LogP contribution in [0.1, 0.15) is 45.1 Å². The molecule has 0 radical (unpaired) electrons. The monoisotopic (exact) mass is 293 g/mol. The molecular weight excluding hydrogens is 266 g/mol. The second-order valence-corrected chi connectivity index (χ2v) is 6.25. The molecule has 0 spiro atoms. The molecule has 0 unspecified atom stereocenters. The highest BCUT2D eigenvalue weighted by molar-refractivity contribution is 5.41. The van der Waals surface area contributed by atoms with E-state index in [2.05, 4.69) is 12.2 Å². The topological polar surface area (TPSA) is 61.7 Å². The van der Waals surface area contributed by atoms with Gasteiger partial charge in [-0.05, 0) is 56.2 Å². The lowest BCUT2D eigenvalue weighted by Crippen LogP contribution is -2.43. The van der Waals surface area contributed by atoms with E-state index >= 15 is 0 Å². The van der Waals surface area contributed by atoms with Crippen LogP contribution in [0.15, 0.2) is 18.2 Å². The van der Waals surface area contributed by atoms with E-state index in [1.165, 1.54) is 0 Å². The fourth-order valence-electron chi connectivity index (χ4n) is 2.86. The Bertz CT molecular complexity index is 453. The number of hydrogen-bond donors (Lipinski definition) is 3. The Morgan fingerprint density at radius 3 is 2.71 bits per heavy atom. The van der Waals surface area contributed by atoms with Crippen LogP contribution in [-0.2, 0) is 6.54 Å². The van der Waals surface area contributed by atoms with Gasteiger partial charge in [-0.2, -0.15) is 0 Å². The van der Waals surface area contributed by atoms with Crippen LogP contribution in [0.3, 0.4) is 0 Å². The van der Waals surface area contributed by atoms with E-state index in [1.807, 2.05) is 19.1 Å². The van der Waals surface area contributed by atoms with E-state index in [9.17, 15) is 10.2 Å². The number of ether oxygens (including phenoxy) is 1. The molecule has 1 aliphatic carbocycles. The molecule has 4 nitrogen and oxygen atoms in total. The van der Waals surface area contributed by atoms with Crippen molar-refractivity contribution in [3.05, 3.63) is 23.8 Å². The van der Waals surface area contributed by atoms with E-state index in [4.69, 9.17) is 4.74 Å². The molecule has 0 aromatic heterocycles. The lowest BCUT2D eigenvalue weighted by molar-refractivity contribution is -0.00630. The largest absolute Gasteiger partial charge is 0.504 e. The molecule has 0 amide bonds. The average Bonchev–Trinajstić information content (AvgIpc) is 2.46. The molecule has 0 heterocycles. The second kappa shape index (κ2) is 7.14. The molecule has 118 valence electrons. The third kappa shape index (κ3) is 4.61. The van der Waals surface area contributed by atoms with Gasteiger partial charge >= 0.3 is 0 Å². The number of hydrogen-bond acceptors (Lipinski definition) is 4. The van der Waals surface area contributed by atoms with Gasteiger partial charge in [0.05, 0.1) is 12.2 Å². The zero-order valence-corrected chi connectivity index (χ0v) is 13.1. The second-order valence-electron chi connectivity index (χ2n) is 6.25. The molecule has 21 heavy (non-hydrogen) atoms. The zero-order chi connectivity index (χ0) is 15.3. The first kappa shape index (κ1) is 16.1. The molecule has 1 saturated carbocycles. The summed E-state index contributed by atoms with van der Waals surface area (Å²) in [7, 11) is 0. The van der Waals surface area contributed by atoms with Gasteiger partial charge < -0.3 is 20.3 Å². The molecule has 2 rings (SSSR count). The molecule has 0 bridgehead atoms. The van der Waals surface area contributed by atoms with E-state index in [0.717, 1.165) is 37.2 Å². The van der Waals surface area contributed by atoms with Crippen molar-refractivity contribution in [2.75, 3.05) is 13.2 Å². The molecule has 0 saturated heterocycles. The summed E-state index contributed by atoms with van der Waals surface area (Å²) < 4.78 is 5.38. The van der Waals surface area contributed by atoms with Gasteiger partial charge in [0, 0.05) is 13.1 Å². The maximum atomic E-state index is 10.5. The SMILES string of the molecule is CCOc1cc(CNCC2(O)CCC(C)CC2)ccc1O. The fraction of sp³-hybridized carbons (Fsp3) is 0.647. The van der Waals surface area contributed by atoms with Crippen LogP contribution in [0.5, 0.6) is 11.5 Å². The average molecular weight is 293 g/mol. The first-order chi connectivity index (χ1) is 10.0. The minimum atomic E-state index is -0.563. The van der Waals surface area contributed by atoms with E-state index < -0.39 is 5.60 Å². The summed E-state index contributed by atoms with van der Waals surface area (Å²) in [5.74, 6) is 1.42. The fourth-order valence-corrected chi connectivity index (χ4v) is 2.86. The third-order valence-corrected chi connectivity index (χ3v) is 4.31. The molecule has 1 aromatic rings. The van der Waals surface area contributed by atoms with Crippen molar-refractivity contribution in [3.63, 3.8) is 0 Å². The van der Waals surface area contributed by atoms with Crippen molar-refractivity contribution < 1.29 is 14.9 Å². The minimum Gasteiger partial charge on any atom is -0.504 e. The first-order valence-corrected chi connectivity index (χ1v) is 7.90. The van der Waals surface area contributed by atoms with E-state index in [1.54, 1.807) is 6.07 Å². The lowest BCUT2D eigenvalue weighted by atomic mass is 9.79. The maximum Gasteiger partial charge on any atom is 0.161 e. The molecule has 4 heteroatoms. The Hall–Kier alpha value is -1.26. The van der Waals surface area contributed by atoms with Crippen LogP contribution in [0.25, 0.3) is 0 Å². The van der Waals surface area contributed by atoms with Gasteiger partial charge in [-0.25, -0.2) is 0 Å². The van der Waals surface area contributed by atoms with E-state index in [0.29, 0.717) is 25.4 Å². The smallest absolute Gasteiger partial charge is 0.161 e. The zero-order valence-electron chi connectivity index (χ0n) is 13.1. The van der Waals surface area contributed by atoms with Crippen LogP contribution in [-0.4, -0.2) is 29.0 Å². The van der Waals surface area contributed by atoms with Gasteiger partial charge in [0.1, 0.15) is 0 Å². The summed E-state index contributed by atoms with van der Waals surface area (Å²) in [5.41, 5.74) is 0.482. The molecule has 1 aliphatic rings. The number of rotatable bonds is 6. The molecule has 3 N–H and O–H groups in total. The van der Waals surface area contributed by atoms with Crippen LogP contribution in [0, 0.1) is 5.92 Å². The Kier molecular flexibility index (Phi) is 5.48. The number of phenols is 1. The maximum absolute atomic E-state index is 10.5. The number of phenolic OH excluding ortho intramolecular Hbond substituents is 1. The van der Waals surface area contributed by atoms with Crippen molar-refractivity contribution in [2.45, 2.75) is 51.7 Å². The van der Waals surface area contributed by atoms with Gasteiger partial charge in [-0.3, -0.25) is 0 Å². The lowest BCUT2D eigenvalue weighted by Gasteiger charge is -2.35. The summed E-state index contributed by atoms with van der Waals surface area (Å²) in [6, 6.07) is 5.37. The molecule has 0 atom stereocenters. The first-order valence-electron chi connectivity index (χ1n) is 7.90. The highest BCUT2D eigenvalue weighted by atomic mass is 16.5. The summed E-state index contributed by atoms with van der Waals surface area (Å²) in [6.07, 6.45) is 3.96. The Labute approximate surface area is 127 Å². The van der Waals surface area contributed by atoms with Crippen molar-refractivity contribution in [3.8, 4) is 11.5 Å². The summed E-state index contributed by atoms with van der Waals surface area (Å²) in [5, 5.41) is 23.5. The van der Waals surface area contributed by atoms with Gasteiger partial charge in [0.15, 0.2) is 11.5 Å². The van der Waals surface area contributed by atoms with Gasteiger partial charge in [-0.1, -0.05) is 13.0 Å². The Morgan fingerprint density at radius 2 is 2.05 bits per heavy atom. The van der Waals surface area contributed by atoms with Gasteiger partial charge in [0.2, 0.25) is 0 Å². The quantitative estimate of drug-likeness (QED) is 0.755. The summed E-state index contributed by atoms with van der Waals surface area (Å²) >= 11 is 0. The number of benzene rings is 1. The van der Waals surface area contributed by atoms with Crippen molar-refractivity contribution in [1.82, 2.24) is 5.32 Å². The Morgan fingerprint density at radius 1 is 1.33 bits per heavy atom. The number of aromatic hydroxyl groups is 1. The predicted molar refractivity (Wildman–Crippen MR) is 83.6 cm³/mol. The minimum absolute atomic E-state index is 0.167. The van der Waals surface area contributed by atoms with Crippen molar-refractivity contribution >= 4 is 0 Å². The van der Waals surface area contributed by atoms with Crippen LogP contribution in [0.4, 0.5) is 0 Å². The van der Waals surface area contributed by atoms with Crippen molar-refractivity contribution in [1.29, 1.82) is 0 Å². The van der Waals surface area contributed by atoms with Gasteiger partial charge in [-0.15, -0.1) is 0 Å². The van der Waals surface area contributed by atoms with Crippen LogP contribution in [0.2, 0.25) is 0 Å². The third-order valence-electron chi connectivity index (χ3n) is 4.31. The normalized spacial score (nSPS) is 25.8. The molecular formula is C17H27NO3. The molecule has 1 aromatic carbocycles. The molecule has 0 aliphatic heterocycles. The highest BCUT2D eigenvalue weighted by Crippen LogP contribution is 2.31. The van der Waals surface area contributed by atoms with Crippen LogP contribution < -0.4 is 10.1 Å². The van der Waals surface area contributed by atoms with Gasteiger partial charge in [0.25, 0.3) is 0 Å². The number of nitrogens with one attached hydrogen (secondary N) is 1. The van der Waals surface area contributed by atoms with Crippen molar-refractivity contribution in [2.24, 2.45) is 5.92 Å². The standard InChI is InChI=1S/C17H27NO3/c1-3-21-16-10-14(4-5-15(16)19)11-18-12-17(20)8-6-13(2)7-9-17/h4-5,10,13,18-20H,3,6-9,11-12H2,1-2H3. The van der Waals surface area contributed by atoms with E-state index in [-0.39, 0.29) is 5.75 Å². The highest BCUT2D eigenvalue weighted by Gasteiger charge is 2.31. The Balaban J connectivity index is 1.84. The summed E-state index contributed by atoms with van der Waals surface area (Å²) in [6.45, 7) is 5.95.